The molecule has 1 aromatic carbocycles. The number of nitrogens with zero attached hydrogens (tertiary/aromatic N) is 1. The van der Waals surface area contributed by atoms with Crippen LogP contribution >= 0.6 is 24.2 Å². The number of hydrogen-bond donors (Lipinski definition) is 1. The molecule has 3 nitrogen and oxygen atoms in total. The van der Waals surface area contributed by atoms with Gasteiger partial charge in [0.25, 0.3) is 0 Å². The van der Waals surface area contributed by atoms with E-state index in [1.165, 1.54) is 17.3 Å². The van der Waals surface area contributed by atoms with E-state index in [1.807, 2.05) is 38.1 Å². The molecule has 102 valence electrons. The van der Waals surface area contributed by atoms with Gasteiger partial charge in [0.2, 0.25) is 0 Å². The lowest BCUT2D eigenvalue weighted by atomic mass is 9.99. The lowest BCUT2D eigenvalue weighted by Gasteiger charge is -2.23. The van der Waals surface area contributed by atoms with Gasteiger partial charge < -0.3 is 5.73 Å². The Morgan fingerprint density at radius 1 is 1.26 bits per heavy atom. The van der Waals surface area contributed by atoms with Crippen molar-refractivity contribution in [1.82, 2.24) is 0 Å². The van der Waals surface area contributed by atoms with Gasteiger partial charge in [0, 0.05) is 11.3 Å². The Labute approximate surface area is 123 Å². The summed E-state index contributed by atoms with van der Waals surface area (Å²) in [6.07, 6.45) is 0. The van der Waals surface area contributed by atoms with Crippen molar-refractivity contribution in [2.24, 2.45) is 10.7 Å². The SMILES string of the molecule is CC(=O)C1=C(C)N=C(N)SC1c1ccc(C)cc1.Cl. The summed E-state index contributed by atoms with van der Waals surface area (Å²) in [4.78, 5) is 16.0. The van der Waals surface area contributed by atoms with Crippen LogP contribution in [0.25, 0.3) is 0 Å². The fourth-order valence-corrected chi connectivity index (χ4v) is 3.22. The maximum atomic E-state index is 11.8. The highest BCUT2D eigenvalue weighted by molar-refractivity contribution is 8.14. The summed E-state index contributed by atoms with van der Waals surface area (Å²) >= 11 is 1.43. The Morgan fingerprint density at radius 2 is 1.84 bits per heavy atom. The van der Waals surface area contributed by atoms with Crippen LogP contribution in [0, 0.1) is 6.92 Å². The van der Waals surface area contributed by atoms with Gasteiger partial charge in [-0.2, -0.15) is 0 Å². The van der Waals surface area contributed by atoms with Crippen LogP contribution in [-0.4, -0.2) is 11.0 Å². The predicted octanol–water partition coefficient (Wildman–Crippen LogP) is 3.38. The zero-order chi connectivity index (χ0) is 13.3. The molecule has 0 radical (unpaired) electrons. The standard InChI is InChI=1S/C14H16N2OS.ClH/c1-8-4-6-11(7-5-8)13-12(10(3)17)9(2)16-14(15)18-13;/h4-7,13H,1-3H3,(H2,15,16);1H. The van der Waals surface area contributed by atoms with Gasteiger partial charge in [-0.05, 0) is 26.3 Å². The maximum Gasteiger partial charge on any atom is 0.159 e. The third-order valence-electron chi connectivity index (χ3n) is 2.93. The molecule has 19 heavy (non-hydrogen) atoms. The number of ketones is 1. The number of amidine groups is 1. The summed E-state index contributed by atoms with van der Waals surface area (Å²) in [6.45, 7) is 5.46. The van der Waals surface area contributed by atoms with Crippen LogP contribution in [0.4, 0.5) is 0 Å². The van der Waals surface area contributed by atoms with E-state index in [1.54, 1.807) is 6.92 Å². The zero-order valence-electron chi connectivity index (χ0n) is 11.1. The van der Waals surface area contributed by atoms with Gasteiger partial charge in [-0.1, -0.05) is 41.6 Å². The zero-order valence-corrected chi connectivity index (χ0v) is 12.8. The number of hydrogen-bond acceptors (Lipinski definition) is 4. The van der Waals surface area contributed by atoms with Gasteiger partial charge in [0.1, 0.15) is 0 Å². The number of thioether (sulfide) groups is 1. The topological polar surface area (TPSA) is 55.5 Å². The molecule has 0 fully saturated rings. The smallest absolute Gasteiger partial charge is 0.159 e. The number of aliphatic imine (C=N–C) groups is 1. The van der Waals surface area contributed by atoms with Gasteiger partial charge >= 0.3 is 0 Å². The maximum absolute atomic E-state index is 11.8. The molecule has 0 amide bonds. The van der Waals surface area contributed by atoms with Crippen LogP contribution in [-0.2, 0) is 4.79 Å². The molecule has 1 aliphatic heterocycles. The summed E-state index contributed by atoms with van der Waals surface area (Å²) in [6, 6.07) is 8.18. The average Bonchev–Trinajstić information content (AvgIpc) is 2.28. The van der Waals surface area contributed by atoms with Gasteiger partial charge in [-0.3, -0.25) is 4.79 Å². The molecule has 1 unspecified atom stereocenters. The number of aryl methyl sites for hydroxylation is 1. The van der Waals surface area contributed by atoms with Crippen molar-refractivity contribution in [3.05, 3.63) is 46.7 Å². The minimum atomic E-state index is -0.0411. The van der Waals surface area contributed by atoms with Crippen LogP contribution in [0.1, 0.15) is 30.2 Å². The molecular weight excluding hydrogens is 280 g/mol. The molecule has 1 aliphatic rings. The fourth-order valence-electron chi connectivity index (χ4n) is 2.04. The van der Waals surface area contributed by atoms with E-state index in [0.717, 1.165) is 16.8 Å². The number of carbonyl (C=O) groups is 1. The number of halogens is 1. The van der Waals surface area contributed by atoms with Gasteiger partial charge in [0.05, 0.1) is 5.25 Å². The van der Waals surface area contributed by atoms with Gasteiger partial charge in [0.15, 0.2) is 11.0 Å². The number of rotatable bonds is 2. The first-order chi connectivity index (χ1) is 8.49. The minimum absolute atomic E-state index is 0. The summed E-state index contributed by atoms with van der Waals surface area (Å²) in [5.74, 6) is 0.0572. The number of benzene rings is 1. The van der Waals surface area contributed by atoms with Crippen molar-refractivity contribution in [1.29, 1.82) is 0 Å². The number of allylic oxidation sites excluding steroid dienone is 1. The van der Waals surface area contributed by atoms with Crippen molar-refractivity contribution in [2.45, 2.75) is 26.0 Å². The molecule has 1 heterocycles. The minimum Gasteiger partial charge on any atom is -0.378 e. The van der Waals surface area contributed by atoms with Crippen LogP contribution in [0.15, 0.2) is 40.5 Å². The average molecular weight is 297 g/mol. The van der Waals surface area contributed by atoms with Crippen molar-refractivity contribution in [3.8, 4) is 0 Å². The van der Waals surface area contributed by atoms with E-state index in [2.05, 4.69) is 4.99 Å². The molecule has 0 spiro atoms. The van der Waals surface area contributed by atoms with Gasteiger partial charge in [-0.25, -0.2) is 4.99 Å². The first-order valence-corrected chi connectivity index (χ1v) is 6.66. The van der Waals surface area contributed by atoms with Gasteiger partial charge in [-0.15, -0.1) is 12.4 Å². The predicted molar refractivity (Wildman–Crippen MR) is 83.8 cm³/mol. The lowest BCUT2D eigenvalue weighted by molar-refractivity contribution is -0.113. The second-order valence-electron chi connectivity index (χ2n) is 4.41. The largest absolute Gasteiger partial charge is 0.378 e. The van der Waals surface area contributed by atoms with Crippen molar-refractivity contribution < 1.29 is 4.79 Å². The van der Waals surface area contributed by atoms with E-state index in [9.17, 15) is 4.79 Å². The number of nitrogens with two attached hydrogens (primary N) is 1. The summed E-state index contributed by atoms with van der Waals surface area (Å²) < 4.78 is 0. The molecule has 2 N–H and O–H groups in total. The van der Waals surface area contributed by atoms with E-state index < -0.39 is 0 Å². The Morgan fingerprint density at radius 3 is 2.37 bits per heavy atom. The van der Waals surface area contributed by atoms with E-state index in [4.69, 9.17) is 5.73 Å². The second-order valence-corrected chi connectivity index (χ2v) is 5.54. The molecule has 1 aromatic rings. The molecule has 0 saturated heterocycles. The second kappa shape index (κ2) is 6.26. The first kappa shape index (κ1) is 15.8. The molecule has 5 heteroatoms. The number of carbonyl (C=O) groups excluding carboxylic acids is 1. The van der Waals surface area contributed by atoms with Crippen LogP contribution in [0.5, 0.6) is 0 Å². The highest BCUT2D eigenvalue weighted by atomic mass is 35.5. The molecule has 0 aliphatic carbocycles. The lowest BCUT2D eigenvalue weighted by Crippen LogP contribution is -2.19. The van der Waals surface area contributed by atoms with E-state index in [-0.39, 0.29) is 23.4 Å². The van der Waals surface area contributed by atoms with Crippen molar-refractivity contribution in [3.63, 3.8) is 0 Å². The van der Waals surface area contributed by atoms with E-state index >= 15 is 0 Å². The monoisotopic (exact) mass is 296 g/mol. The first-order valence-electron chi connectivity index (χ1n) is 5.78. The molecule has 0 saturated carbocycles. The van der Waals surface area contributed by atoms with Crippen molar-refractivity contribution in [2.75, 3.05) is 0 Å². The Balaban J connectivity index is 0.00000180. The fraction of sp³-hybridized carbons (Fsp3) is 0.286. The molecule has 2 rings (SSSR count). The Bertz CT molecular complexity index is 549. The summed E-state index contributed by atoms with van der Waals surface area (Å²) in [5, 5.41) is 0.476. The third kappa shape index (κ3) is 3.39. The van der Waals surface area contributed by atoms with Crippen LogP contribution < -0.4 is 5.73 Å². The summed E-state index contributed by atoms with van der Waals surface area (Å²) in [5.41, 5.74) is 9.58. The Kier molecular flexibility index (Phi) is 5.20. The molecule has 0 bridgehead atoms. The van der Waals surface area contributed by atoms with Crippen molar-refractivity contribution >= 4 is 35.1 Å². The normalized spacial score (nSPS) is 18.7. The summed E-state index contributed by atoms with van der Waals surface area (Å²) in [7, 11) is 0. The van der Waals surface area contributed by atoms with E-state index in [0.29, 0.717) is 5.17 Å². The van der Waals surface area contributed by atoms with Crippen LogP contribution in [0.2, 0.25) is 0 Å². The highest BCUT2D eigenvalue weighted by Crippen LogP contribution is 2.41. The molecule has 1 atom stereocenters. The quantitative estimate of drug-likeness (QED) is 0.910. The van der Waals surface area contributed by atoms with Crippen LogP contribution in [0.3, 0.4) is 0 Å². The molecular formula is C14H17ClN2OS. The number of Topliss-reactive ketones (excluding diaryl/α,β-unsaturated/α-hetero) is 1. The Hall–Kier alpha value is -1.26. The third-order valence-corrected chi connectivity index (χ3v) is 4.00. The highest BCUT2D eigenvalue weighted by Gasteiger charge is 2.27. The molecule has 0 aromatic heterocycles.